The first-order chi connectivity index (χ1) is 10.2. The van der Waals surface area contributed by atoms with Gasteiger partial charge in [0.05, 0.1) is 11.0 Å². The van der Waals surface area contributed by atoms with Crippen LogP contribution in [0.15, 0.2) is 65.3 Å². The van der Waals surface area contributed by atoms with E-state index >= 15 is 0 Å². The normalized spacial score (nSPS) is 11.3. The molecule has 0 atom stereocenters. The van der Waals surface area contributed by atoms with Gasteiger partial charge in [-0.2, -0.15) is 0 Å². The molecule has 0 radical (unpaired) electrons. The second-order valence-electron chi connectivity index (χ2n) is 5.21. The van der Waals surface area contributed by atoms with Crippen LogP contribution in [-0.2, 0) is 0 Å². The van der Waals surface area contributed by atoms with Crippen molar-refractivity contribution in [1.82, 2.24) is 9.38 Å². The summed E-state index contributed by atoms with van der Waals surface area (Å²) in [6.07, 6.45) is 0. The number of hydrogen-bond acceptors (Lipinski definition) is 1. The molecule has 0 aliphatic rings. The van der Waals surface area contributed by atoms with Crippen LogP contribution in [0.3, 0.4) is 0 Å². The van der Waals surface area contributed by atoms with E-state index in [0.29, 0.717) is 0 Å². The minimum absolute atomic E-state index is 0.879. The Morgan fingerprint density at radius 3 is 2.48 bits per heavy atom. The average molecular weight is 337 g/mol. The van der Waals surface area contributed by atoms with Crippen molar-refractivity contribution in [2.75, 3.05) is 0 Å². The van der Waals surface area contributed by atoms with Crippen LogP contribution in [0.25, 0.3) is 27.8 Å². The number of rotatable bonds is 1. The molecule has 3 heteroatoms. The number of hydrogen-bond donors (Lipinski definition) is 0. The molecular formula is C18H13BrN2. The summed E-state index contributed by atoms with van der Waals surface area (Å²) < 4.78 is 3.10. The lowest BCUT2D eigenvalue weighted by molar-refractivity contribution is 1.21. The Bertz CT molecular complexity index is 955. The summed E-state index contributed by atoms with van der Waals surface area (Å²) in [5.41, 5.74) is 4.65. The van der Waals surface area contributed by atoms with E-state index in [9.17, 15) is 0 Å². The highest BCUT2D eigenvalue weighted by atomic mass is 79.9. The predicted molar refractivity (Wildman–Crippen MR) is 90.6 cm³/mol. The first kappa shape index (κ1) is 12.6. The topological polar surface area (TPSA) is 17.3 Å². The lowest BCUT2D eigenvalue weighted by atomic mass is 10.1. The predicted octanol–water partition coefficient (Wildman–Crippen LogP) is 5.23. The fourth-order valence-electron chi connectivity index (χ4n) is 2.75. The maximum absolute atomic E-state index is 4.71. The number of aromatic nitrogens is 2. The highest BCUT2D eigenvalue weighted by Crippen LogP contribution is 2.30. The zero-order chi connectivity index (χ0) is 14.4. The Labute approximate surface area is 131 Å². The Balaban J connectivity index is 2.17. The third kappa shape index (κ3) is 1.96. The van der Waals surface area contributed by atoms with Crippen molar-refractivity contribution in [2.45, 2.75) is 6.92 Å². The fraction of sp³-hybridized carbons (Fsp3) is 0.0556. The van der Waals surface area contributed by atoms with Gasteiger partial charge in [0.25, 0.3) is 0 Å². The smallest absolute Gasteiger partial charge is 0.146 e. The molecular weight excluding hydrogens is 324 g/mol. The summed E-state index contributed by atoms with van der Waals surface area (Å²) in [5, 5.41) is 1.23. The summed E-state index contributed by atoms with van der Waals surface area (Å²) in [6.45, 7) is 2.12. The van der Waals surface area contributed by atoms with Crippen molar-refractivity contribution in [1.29, 1.82) is 0 Å². The van der Waals surface area contributed by atoms with Crippen molar-refractivity contribution in [3.63, 3.8) is 0 Å². The molecule has 4 rings (SSSR count). The first-order valence-electron chi connectivity index (χ1n) is 6.87. The van der Waals surface area contributed by atoms with Gasteiger partial charge in [-0.3, -0.25) is 4.40 Å². The molecule has 2 heterocycles. The van der Waals surface area contributed by atoms with Gasteiger partial charge >= 0.3 is 0 Å². The van der Waals surface area contributed by atoms with Crippen molar-refractivity contribution in [3.05, 3.63) is 70.8 Å². The molecule has 0 saturated heterocycles. The standard InChI is InChI=1S/C18H13BrN2/c1-12-7-9-15-14(11-12)8-10-16-17(19)20-18(21(15)16)13-5-3-2-4-6-13/h2-11H,1H3. The van der Waals surface area contributed by atoms with E-state index in [0.717, 1.165) is 21.5 Å². The Kier molecular flexibility index (Phi) is 2.82. The zero-order valence-corrected chi connectivity index (χ0v) is 13.1. The average Bonchev–Trinajstić information content (AvgIpc) is 2.85. The summed E-state index contributed by atoms with van der Waals surface area (Å²) in [7, 11) is 0. The third-order valence-corrected chi connectivity index (χ3v) is 4.33. The van der Waals surface area contributed by atoms with Crippen LogP contribution in [-0.4, -0.2) is 9.38 Å². The van der Waals surface area contributed by atoms with Crippen molar-refractivity contribution in [2.24, 2.45) is 0 Å². The highest BCUT2D eigenvalue weighted by Gasteiger charge is 2.13. The van der Waals surface area contributed by atoms with Gasteiger partial charge in [0.1, 0.15) is 10.4 Å². The number of pyridine rings is 1. The number of halogens is 1. The van der Waals surface area contributed by atoms with Gasteiger partial charge in [-0.05, 0) is 46.4 Å². The monoisotopic (exact) mass is 336 g/mol. The summed E-state index contributed by atoms with van der Waals surface area (Å²) >= 11 is 3.58. The number of imidazole rings is 1. The van der Waals surface area contributed by atoms with Crippen molar-refractivity contribution < 1.29 is 0 Å². The number of benzene rings is 2. The molecule has 0 amide bonds. The molecule has 0 N–H and O–H groups in total. The van der Waals surface area contributed by atoms with Crippen LogP contribution >= 0.6 is 15.9 Å². The van der Waals surface area contributed by atoms with Crippen molar-refractivity contribution in [3.8, 4) is 11.4 Å². The summed E-state index contributed by atoms with van der Waals surface area (Å²) in [6, 6.07) is 21.1. The lowest BCUT2D eigenvalue weighted by Gasteiger charge is -2.07. The van der Waals surface area contributed by atoms with Crippen LogP contribution in [0.5, 0.6) is 0 Å². The van der Waals surface area contributed by atoms with E-state index in [-0.39, 0.29) is 0 Å². The molecule has 0 unspecified atom stereocenters. The molecule has 0 aliphatic heterocycles. The van der Waals surface area contributed by atoms with E-state index < -0.39 is 0 Å². The van der Waals surface area contributed by atoms with Gasteiger partial charge in [-0.1, -0.05) is 48.0 Å². The molecule has 2 nitrogen and oxygen atoms in total. The van der Waals surface area contributed by atoms with E-state index in [1.54, 1.807) is 0 Å². The number of nitrogens with zero attached hydrogens (tertiary/aromatic N) is 2. The van der Waals surface area contributed by atoms with Gasteiger partial charge < -0.3 is 0 Å². The Morgan fingerprint density at radius 2 is 1.67 bits per heavy atom. The van der Waals surface area contributed by atoms with Gasteiger partial charge in [0.15, 0.2) is 0 Å². The van der Waals surface area contributed by atoms with Crippen LogP contribution in [0.2, 0.25) is 0 Å². The van der Waals surface area contributed by atoms with Gasteiger partial charge in [0.2, 0.25) is 0 Å². The third-order valence-electron chi connectivity index (χ3n) is 3.74. The zero-order valence-electron chi connectivity index (χ0n) is 11.5. The molecule has 21 heavy (non-hydrogen) atoms. The van der Waals surface area contributed by atoms with Crippen LogP contribution in [0.1, 0.15) is 5.56 Å². The second kappa shape index (κ2) is 4.71. The molecule has 0 saturated carbocycles. The molecule has 2 aromatic heterocycles. The molecule has 2 aromatic carbocycles. The molecule has 102 valence electrons. The Morgan fingerprint density at radius 1 is 0.905 bits per heavy atom. The van der Waals surface area contributed by atoms with E-state index in [4.69, 9.17) is 4.98 Å². The van der Waals surface area contributed by atoms with Gasteiger partial charge in [0, 0.05) is 5.56 Å². The summed E-state index contributed by atoms with van der Waals surface area (Å²) in [5.74, 6) is 0.965. The van der Waals surface area contributed by atoms with E-state index in [1.807, 2.05) is 18.2 Å². The van der Waals surface area contributed by atoms with Gasteiger partial charge in [-0.15, -0.1) is 0 Å². The largest absolute Gasteiger partial charge is 0.291 e. The summed E-state index contributed by atoms with van der Waals surface area (Å²) in [4.78, 5) is 4.71. The van der Waals surface area contributed by atoms with Crippen molar-refractivity contribution >= 4 is 32.3 Å². The maximum atomic E-state index is 4.71. The van der Waals surface area contributed by atoms with E-state index in [1.165, 1.54) is 16.5 Å². The molecule has 0 fully saturated rings. The maximum Gasteiger partial charge on any atom is 0.146 e. The van der Waals surface area contributed by atoms with Crippen LogP contribution in [0.4, 0.5) is 0 Å². The molecule has 0 aliphatic carbocycles. The molecule has 4 aromatic rings. The first-order valence-corrected chi connectivity index (χ1v) is 7.66. The molecule has 0 spiro atoms. The number of fused-ring (bicyclic) bond motifs is 3. The SMILES string of the molecule is Cc1ccc2c(ccc3c(Br)nc(-c4ccccc4)n32)c1. The van der Waals surface area contributed by atoms with E-state index in [2.05, 4.69) is 69.7 Å². The second-order valence-corrected chi connectivity index (χ2v) is 5.96. The van der Waals surface area contributed by atoms with Crippen LogP contribution in [0, 0.1) is 6.92 Å². The Hall–Kier alpha value is -2.13. The van der Waals surface area contributed by atoms with Crippen LogP contribution < -0.4 is 0 Å². The molecule has 0 bridgehead atoms. The number of aryl methyl sites for hydroxylation is 1. The minimum atomic E-state index is 0.879. The highest BCUT2D eigenvalue weighted by molar-refractivity contribution is 9.10. The fourth-order valence-corrected chi connectivity index (χ4v) is 3.23. The van der Waals surface area contributed by atoms with Gasteiger partial charge in [-0.25, -0.2) is 4.98 Å². The quantitative estimate of drug-likeness (QED) is 0.465. The lowest BCUT2D eigenvalue weighted by Crippen LogP contribution is -1.92. The minimum Gasteiger partial charge on any atom is -0.291 e.